The third kappa shape index (κ3) is 5.01. The summed E-state index contributed by atoms with van der Waals surface area (Å²) in [7, 11) is 0. The summed E-state index contributed by atoms with van der Waals surface area (Å²) >= 11 is 5.02. The molecule has 0 saturated heterocycles. The second-order valence-electron chi connectivity index (χ2n) is 2.54. The van der Waals surface area contributed by atoms with Crippen molar-refractivity contribution >= 4 is 35.4 Å². The first-order valence-corrected chi connectivity index (χ1v) is 4.53. The summed E-state index contributed by atoms with van der Waals surface area (Å²) < 4.78 is 0. The number of nitrogens with one attached hydrogen (secondary N) is 2. The van der Waals surface area contributed by atoms with Crippen LogP contribution in [0.2, 0.25) is 0 Å². The Balaban J connectivity index is 0.00000169. The van der Waals surface area contributed by atoms with Crippen LogP contribution < -0.4 is 16.4 Å². The Bertz CT molecular complexity index is 266. The van der Waals surface area contributed by atoms with Gasteiger partial charge in [0.15, 0.2) is 5.11 Å². The molecule has 3 nitrogen and oxygen atoms in total. The highest BCUT2D eigenvalue weighted by Gasteiger charge is 1.93. The Labute approximate surface area is 95.5 Å². The highest BCUT2D eigenvalue weighted by atomic mass is 35.5. The van der Waals surface area contributed by atoms with Crippen molar-refractivity contribution < 1.29 is 0 Å². The maximum absolute atomic E-state index is 5.32. The normalized spacial score (nSPS) is 8.64. The molecular formula is C9H14ClN3S. The third-order valence-electron chi connectivity index (χ3n) is 1.46. The van der Waals surface area contributed by atoms with Crippen LogP contribution in [0, 0.1) is 0 Å². The molecule has 0 aromatic heterocycles. The zero-order valence-electron chi connectivity index (χ0n) is 7.69. The maximum atomic E-state index is 5.32. The first kappa shape index (κ1) is 13.2. The lowest BCUT2D eigenvalue weighted by Gasteiger charge is -2.08. The molecule has 0 bridgehead atoms. The van der Waals surface area contributed by atoms with Gasteiger partial charge >= 0.3 is 0 Å². The van der Waals surface area contributed by atoms with Crippen molar-refractivity contribution in [2.75, 3.05) is 18.4 Å². The van der Waals surface area contributed by atoms with Crippen LogP contribution >= 0.6 is 24.6 Å². The minimum absolute atomic E-state index is 0. The minimum Gasteiger partial charge on any atom is -0.361 e. The summed E-state index contributed by atoms with van der Waals surface area (Å²) in [6, 6.07) is 9.77. The summed E-state index contributed by atoms with van der Waals surface area (Å²) in [5.41, 5.74) is 6.30. The Kier molecular flexibility index (Phi) is 7.10. The second-order valence-corrected chi connectivity index (χ2v) is 2.94. The lowest BCUT2D eigenvalue weighted by molar-refractivity contribution is 0.883. The van der Waals surface area contributed by atoms with Crippen molar-refractivity contribution in [1.82, 2.24) is 5.32 Å². The number of para-hydroxylation sites is 1. The van der Waals surface area contributed by atoms with Gasteiger partial charge in [0.25, 0.3) is 0 Å². The van der Waals surface area contributed by atoms with Gasteiger partial charge in [-0.2, -0.15) is 0 Å². The van der Waals surface area contributed by atoms with Gasteiger partial charge in [0.05, 0.1) is 0 Å². The lowest BCUT2D eigenvalue weighted by Crippen LogP contribution is -2.32. The molecule has 1 rings (SSSR count). The Morgan fingerprint density at radius 2 is 1.93 bits per heavy atom. The molecule has 5 heteroatoms. The standard InChI is InChI=1S/C9H13N3S.ClH/c10-6-7-11-9(13)12-8-4-2-1-3-5-8;/h1-5H,6-7,10H2,(H2,11,12,13);1H. The number of anilines is 1. The number of hydrogen-bond acceptors (Lipinski definition) is 2. The van der Waals surface area contributed by atoms with E-state index in [1.807, 2.05) is 30.3 Å². The molecule has 0 fully saturated rings. The Morgan fingerprint density at radius 3 is 2.50 bits per heavy atom. The van der Waals surface area contributed by atoms with Gasteiger partial charge in [-0.25, -0.2) is 0 Å². The first-order chi connectivity index (χ1) is 6.33. The largest absolute Gasteiger partial charge is 0.361 e. The Hall–Kier alpha value is -0.840. The van der Waals surface area contributed by atoms with Crippen LogP contribution in [0.15, 0.2) is 30.3 Å². The zero-order chi connectivity index (χ0) is 9.52. The van der Waals surface area contributed by atoms with E-state index in [0.717, 1.165) is 5.69 Å². The molecule has 4 N–H and O–H groups in total. The lowest BCUT2D eigenvalue weighted by atomic mass is 10.3. The van der Waals surface area contributed by atoms with E-state index in [0.29, 0.717) is 18.2 Å². The number of hydrogen-bond donors (Lipinski definition) is 3. The van der Waals surface area contributed by atoms with E-state index in [-0.39, 0.29) is 12.4 Å². The van der Waals surface area contributed by atoms with Crippen LogP contribution in [0.3, 0.4) is 0 Å². The third-order valence-corrected chi connectivity index (χ3v) is 1.71. The van der Waals surface area contributed by atoms with Gasteiger partial charge in [0.2, 0.25) is 0 Å². The average molecular weight is 232 g/mol. The van der Waals surface area contributed by atoms with Crippen molar-refractivity contribution in [1.29, 1.82) is 0 Å². The fourth-order valence-corrected chi connectivity index (χ4v) is 1.10. The van der Waals surface area contributed by atoms with Gasteiger partial charge in [0.1, 0.15) is 0 Å². The Morgan fingerprint density at radius 1 is 1.29 bits per heavy atom. The van der Waals surface area contributed by atoms with E-state index < -0.39 is 0 Å². The van der Waals surface area contributed by atoms with E-state index in [1.54, 1.807) is 0 Å². The van der Waals surface area contributed by atoms with Crippen LogP contribution in [0.25, 0.3) is 0 Å². The quantitative estimate of drug-likeness (QED) is 0.688. The van der Waals surface area contributed by atoms with Gasteiger partial charge in [-0.1, -0.05) is 18.2 Å². The molecule has 0 unspecified atom stereocenters. The molecule has 0 spiro atoms. The predicted molar refractivity (Wildman–Crippen MR) is 67.0 cm³/mol. The molecule has 0 aliphatic rings. The number of nitrogens with two attached hydrogens (primary N) is 1. The van der Waals surface area contributed by atoms with Crippen LogP contribution in [-0.4, -0.2) is 18.2 Å². The summed E-state index contributed by atoms with van der Waals surface area (Å²) in [5, 5.41) is 6.63. The van der Waals surface area contributed by atoms with Crippen molar-refractivity contribution in [3.8, 4) is 0 Å². The number of halogens is 1. The molecule has 0 amide bonds. The second kappa shape index (κ2) is 7.55. The molecule has 0 saturated carbocycles. The zero-order valence-corrected chi connectivity index (χ0v) is 9.33. The van der Waals surface area contributed by atoms with Crippen LogP contribution in [0.4, 0.5) is 5.69 Å². The molecule has 0 aliphatic heterocycles. The van der Waals surface area contributed by atoms with Gasteiger partial charge < -0.3 is 16.4 Å². The van der Waals surface area contributed by atoms with Gasteiger partial charge in [-0.15, -0.1) is 12.4 Å². The maximum Gasteiger partial charge on any atom is 0.170 e. The molecule has 0 heterocycles. The average Bonchev–Trinajstić information content (AvgIpc) is 2.16. The van der Waals surface area contributed by atoms with E-state index >= 15 is 0 Å². The SMILES string of the molecule is Cl.NCCNC(=S)Nc1ccccc1. The van der Waals surface area contributed by atoms with Crippen LogP contribution in [0.1, 0.15) is 0 Å². The number of benzene rings is 1. The monoisotopic (exact) mass is 231 g/mol. The van der Waals surface area contributed by atoms with Crippen molar-refractivity contribution in [2.24, 2.45) is 5.73 Å². The minimum atomic E-state index is 0. The molecule has 78 valence electrons. The highest BCUT2D eigenvalue weighted by Crippen LogP contribution is 2.03. The van der Waals surface area contributed by atoms with Crippen LogP contribution in [-0.2, 0) is 0 Å². The van der Waals surface area contributed by atoms with Crippen molar-refractivity contribution in [2.45, 2.75) is 0 Å². The topological polar surface area (TPSA) is 50.1 Å². The molecule has 0 radical (unpaired) electrons. The summed E-state index contributed by atoms with van der Waals surface area (Å²) in [5.74, 6) is 0. The van der Waals surface area contributed by atoms with Gasteiger partial charge in [0, 0.05) is 18.8 Å². The summed E-state index contributed by atoms with van der Waals surface area (Å²) in [4.78, 5) is 0. The van der Waals surface area contributed by atoms with E-state index in [2.05, 4.69) is 10.6 Å². The van der Waals surface area contributed by atoms with Gasteiger partial charge in [-0.05, 0) is 24.4 Å². The molecule has 0 atom stereocenters. The smallest absolute Gasteiger partial charge is 0.170 e. The molecule has 14 heavy (non-hydrogen) atoms. The van der Waals surface area contributed by atoms with E-state index in [9.17, 15) is 0 Å². The first-order valence-electron chi connectivity index (χ1n) is 4.13. The molecule has 1 aromatic carbocycles. The highest BCUT2D eigenvalue weighted by molar-refractivity contribution is 7.80. The number of thiocarbonyl (C=S) groups is 1. The van der Waals surface area contributed by atoms with E-state index in [1.165, 1.54) is 0 Å². The van der Waals surface area contributed by atoms with E-state index in [4.69, 9.17) is 18.0 Å². The molecular weight excluding hydrogens is 218 g/mol. The number of rotatable bonds is 3. The van der Waals surface area contributed by atoms with Crippen molar-refractivity contribution in [3.63, 3.8) is 0 Å². The molecule has 1 aromatic rings. The summed E-state index contributed by atoms with van der Waals surface area (Å²) in [6.07, 6.45) is 0. The molecule has 0 aliphatic carbocycles. The fourth-order valence-electron chi connectivity index (χ4n) is 0.882. The predicted octanol–water partition coefficient (Wildman–Crippen LogP) is 1.35. The summed E-state index contributed by atoms with van der Waals surface area (Å²) in [6.45, 7) is 1.27. The fraction of sp³-hybridized carbons (Fsp3) is 0.222. The van der Waals surface area contributed by atoms with Crippen LogP contribution in [0.5, 0.6) is 0 Å². The van der Waals surface area contributed by atoms with Crippen molar-refractivity contribution in [3.05, 3.63) is 30.3 Å². The van der Waals surface area contributed by atoms with Gasteiger partial charge in [-0.3, -0.25) is 0 Å².